The third-order valence-electron chi connectivity index (χ3n) is 4.54. The van der Waals surface area contributed by atoms with E-state index in [9.17, 15) is 0 Å². The third-order valence-corrected chi connectivity index (χ3v) is 5.74. The quantitative estimate of drug-likeness (QED) is 0.695. The molecule has 4 rings (SSSR count). The lowest BCUT2D eigenvalue weighted by atomic mass is 10.1. The van der Waals surface area contributed by atoms with Crippen molar-refractivity contribution >= 4 is 33.1 Å². The maximum Gasteiger partial charge on any atom is 0.142 e. The Balaban J connectivity index is 1.62. The molecule has 23 heavy (non-hydrogen) atoms. The topological polar surface area (TPSA) is 37.8 Å². The van der Waals surface area contributed by atoms with Crippen LogP contribution in [0, 0.1) is 0 Å². The fourth-order valence-corrected chi connectivity index (χ4v) is 4.52. The molecule has 0 spiro atoms. The van der Waals surface area contributed by atoms with E-state index in [4.69, 9.17) is 0 Å². The Morgan fingerprint density at radius 3 is 2.83 bits per heavy atom. The first kappa shape index (κ1) is 14.6. The van der Waals surface area contributed by atoms with Crippen molar-refractivity contribution in [3.63, 3.8) is 0 Å². The Bertz CT molecular complexity index is 820. The van der Waals surface area contributed by atoms with Crippen LogP contribution in [-0.4, -0.2) is 9.97 Å². The zero-order valence-corrected chi connectivity index (χ0v) is 14.2. The van der Waals surface area contributed by atoms with Gasteiger partial charge in [-0.05, 0) is 55.4 Å². The molecule has 118 valence electrons. The molecule has 1 N–H and O–H groups in total. The van der Waals surface area contributed by atoms with Crippen molar-refractivity contribution in [2.75, 3.05) is 5.32 Å². The van der Waals surface area contributed by atoms with E-state index >= 15 is 0 Å². The van der Waals surface area contributed by atoms with Crippen molar-refractivity contribution in [1.29, 1.82) is 0 Å². The molecule has 0 unspecified atom stereocenters. The number of nitrogens with zero attached hydrogens (tertiary/aromatic N) is 2. The van der Waals surface area contributed by atoms with Gasteiger partial charge in [0, 0.05) is 10.6 Å². The molecule has 0 aliphatic heterocycles. The Morgan fingerprint density at radius 2 is 2.00 bits per heavy atom. The van der Waals surface area contributed by atoms with Crippen LogP contribution in [0.4, 0.5) is 11.5 Å². The number of anilines is 2. The summed E-state index contributed by atoms with van der Waals surface area (Å²) in [5, 5.41) is 4.74. The Labute approximate surface area is 140 Å². The van der Waals surface area contributed by atoms with Gasteiger partial charge in [0.1, 0.15) is 17.0 Å². The molecule has 0 atom stereocenters. The molecule has 2 heterocycles. The number of nitrogens with one attached hydrogen (secondary N) is 1. The molecular formula is C19H21N3S. The molecule has 2 aromatic heterocycles. The molecule has 0 saturated heterocycles. The van der Waals surface area contributed by atoms with Gasteiger partial charge in [-0.15, -0.1) is 11.3 Å². The highest BCUT2D eigenvalue weighted by molar-refractivity contribution is 7.19. The average molecular weight is 323 g/mol. The van der Waals surface area contributed by atoms with E-state index < -0.39 is 0 Å². The second-order valence-electron chi connectivity index (χ2n) is 6.19. The summed E-state index contributed by atoms with van der Waals surface area (Å²) in [4.78, 5) is 11.6. The van der Waals surface area contributed by atoms with Crippen LogP contribution in [0.3, 0.4) is 0 Å². The van der Waals surface area contributed by atoms with E-state index in [2.05, 4.69) is 46.5 Å². The molecular weight excluding hydrogens is 302 g/mol. The van der Waals surface area contributed by atoms with Crippen LogP contribution in [0.15, 0.2) is 30.6 Å². The van der Waals surface area contributed by atoms with Crippen molar-refractivity contribution in [2.45, 2.75) is 45.4 Å². The van der Waals surface area contributed by atoms with Gasteiger partial charge in [-0.2, -0.15) is 0 Å². The van der Waals surface area contributed by atoms with Crippen molar-refractivity contribution in [3.8, 4) is 0 Å². The minimum absolute atomic E-state index is 0.954. The zero-order valence-electron chi connectivity index (χ0n) is 13.4. The molecule has 0 saturated carbocycles. The van der Waals surface area contributed by atoms with Gasteiger partial charge >= 0.3 is 0 Å². The van der Waals surface area contributed by atoms with Gasteiger partial charge < -0.3 is 5.32 Å². The summed E-state index contributed by atoms with van der Waals surface area (Å²) in [5.41, 5.74) is 3.97. The van der Waals surface area contributed by atoms with Crippen molar-refractivity contribution in [1.82, 2.24) is 9.97 Å². The predicted octanol–water partition coefficient (Wildman–Crippen LogP) is 5.27. The van der Waals surface area contributed by atoms with E-state index in [-0.39, 0.29) is 0 Å². The summed E-state index contributed by atoms with van der Waals surface area (Å²) in [7, 11) is 0. The van der Waals surface area contributed by atoms with Gasteiger partial charge in [-0.25, -0.2) is 9.97 Å². The van der Waals surface area contributed by atoms with Gasteiger partial charge in [0.15, 0.2) is 0 Å². The second-order valence-corrected chi connectivity index (χ2v) is 7.27. The maximum atomic E-state index is 4.51. The summed E-state index contributed by atoms with van der Waals surface area (Å²) in [6, 6.07) is 8.75. The highest BCUT2D eigenvalue weighted by Gasteiger charge is 2.21. The molecule has 0 bridgehead atoms. The largest absolute Gasteiger partial charge is 0.340 e. The van der Waals surface area contributed by atoms with Crippen molar-refractivity contribution in [3.05, 3.63) is 46.6 Å². The lowest BCUT2D eigenvalue weighted by molar-refractivity contribution is 0.795. The Morgan fingerprint density at radius 1 is 1.13 bits per heavy atom. The SMILES string of the molecule is CCCCc1ccc(Nc2ncnc3sc4c(c23)CCC4)cc1. The van der Waals surface area contributed by atoms with Gasteiger partial charge in [0.2, 0.25) is 0 Å². The van der Waals surface area contributed by atoms with Crippen LogP contribution < -0.4 is 5.32 Å². The third kappa shape index (κ3) is 2.83. The molecule has 1 aliphatic rings. The lowest BCUT2D eigenvalue weighted by Crippen LogP contribution is -1.96. The van der Waals surface area contributed by atoms with Crippen molar-refractivity contribution < 1.29 is 0 Å². The summed E-state index contributed by atoms with van der Waals surface area (Å²) in [6.07, 6.45) is 8.94. The number of benzene rings is 1. The van der Waals surface area contributed by atoms with E-state index in [1.165, 1.54) is 47.1 Å². The molecule has 0 amide bonds. The minimum atomic E-state index is 0.954. The molecule has 0 radical (unpaired) electrons. The number of hydrogen-bond donors (Lipinski definition) is 1. The highest BCUT2D eigenvalue weighted by atomic mass is 32.1. The number of hydrogen-bond acceptors (Lipinski definition) is 4. The van der Waals surface area contributed by atoms with E-state index in [1.807, 2.05) is 11.3 Å². The highest BCUT2D eigenvalue weighted by Crippen LogP contribution is 2.39. The van der Waals surface area contributed by atoms with Crippen LogP contribution in [0.25, 0.3) is 10.2 Å². The fraction of sp³-hybridized carbons (Fsp3) is 0.368. The summed E-state index contributed by atoms with van der Waals surface area (Å²) < 4.78 is 0. The van der Waals surface area contributed by atoms with Gasteiger partial charge in [0.05, 0.1) is 5.39 Å². The summed E-state index contributed by atoms with van der Waals surface area (Å²) in [6.45, 7) is 2.23. The number of fused-ring (bicyclic) bond motifs is 3. The number of thiophene rings is 1. The number of aryl methyl sites for hydroxylation is 3. The van der Waals surface area contributed by atoms with Crippen LogP contribution in [0.5, 0.6) is 0 Å². The first-order chi connectivity index (χ1) is 11.3. The first-order valence-electron chi connectivity index (χ1n) is 8.46. The van der Waals surface area contributed by atoms with Gasteiger partial charge in [-0.3, -0.25) is 0 Å². The predicted molar refractivity (Wildman–Crippen MR) is 97.8 cm³/mol. The first-order valence-corrected chi connectivity index (χ1v) is 9.28. The number of aromatic nitrogens is 2. The fourth-order valence-electron chi connectivity index (χ4n) is 3.30. The van der Waals surface area contributed by atoms with Gasteiger partial charge in [0.25, 0.3) is 0 Å². The molecule has 0 fully saturated rings. The van der Waals surface area contributed by atoms with E-state index in [0.29, 0.717) is 0 Å². The standard InChI is InChI=1S/C19H21N3S/c1-2-3-5-13-8-10-14(11-9-13)22-18-17-15-6-4-7-16(15)23-19(17)21-12-20-18/h8-12H,2-7H2,1H3,(H,20,21,22). The van der Waals surface area contributed by atoms with Crippen molar-refractivity contribution in [2.24, 2.45) is 0 Å². The zero-order chi connectivity index (χ0) is 15.6. The second kappa shape index (κ2) is 6.28. The van der Waals surface area contributed by atoms with Gasteiger partial charge in [-0.1, -0.05) is 25.5 Å². The van der Waals surface area contributed by atoms with Crippen LogP contribution >= 0.6 is 11.3 Å². The molecule has 4 heteroatoms. The molecule has 1 aromatic carbocycles. The normalized spacial score (nSPS) is 13.4. The maximum absolute atomic E-state index is 4.51. The lowest BCUT2D eigenvalue weighted by Gasteiger charge is -2.08. The molecule has 3 aromatic rings. The minimum Gasteiger partial charge on any atom is -0.340 e. The Hall–Kier alpha value is -1.94. The van der Waals surface area contributed by atoms with Crippen LogP contribution in [0.1, 0.15) is 42.2 Å². The average Bonchev–Trinajstić information content (AvgIpc) is 3.15. The molecule has 3 nitrogen and oxygen atoms in total. The Kier molecular flexibility index (Phi) is 4.00. The van der Waals surface area contributed by atoms with Crippen LogP contribution in [0.2, 0.25) is 0 Å². The summed E-state index contributed by atoms with van der Waals surface area (Å²) >= 11 is 1.83. The van der Waals surface area contributed by atoms with E-state index in [0.717, 1.165) is 29.2 Å². The smallest absolute Gasteiger partial charge is 0.142 e. The summed E-state index contributed by atoms with van der Waals surface area (Å²) in [5.74, 6) is 0.954. The van der Waals surface area contributed by atoms with E-state index in [1.54, 1.807) is 6.33 Å². The monoisotopic (exact) mass is 323 g/mol. The van der Waals surface area contributed by atoms with Crippen LogP contribution in [-0.2, 0) is 19.3 Å². The molecule has 1 aliphatic carbocycles. The number of unbranched alkanes of at least 4 members (excludes halogenated alkanes) is 1. The number of rotatable bonds is 5.